The molecule has 0 radical (unpaired) electrons. The number of rotatable bonds is 4. The Morgan fingerprint density at radius 2 is 1.63 bits per heavy atom. The summed E-state index contributed by atoms with van der Waals surface area (Å²) in [5.74, 6) is -0.465. The van der Waals surface area contributed by atoms with E-state index in [1.165, 1.54) is 6.07 Å². The third-order valence-electron chi connectivity index (χ3n) is 5.04. The first-order valence-corrected chi connectivity index (χ1v) is 9.31. The molecule has 1 heterocycles. The Hall–Kier alpha value is -2.89. The van der Waals surface area contributed by atoms with Crippen molar-refractivity contribution >= 4 is 17.5 Å². The molecule has 2 fully saturated rings. The second-order valence-corrected chi connectivity index (χ2v) is 7.06. The van der Waals surface area contributed by atoms with E-state index in [9.17, 15) is 14.0 Å². The fraction of sp³-hybridized carbons (Fsp3) is 0.333. The summed E-state index contributed by atoms with van der Waals surface area (Å²) in [6.45, 7) is 2.19. The van der Waals surface area contributed by atoms with Gasteiger partial charge in [-0.15, -0.1) is 0 Å². The number of hydrogen-bond acceptors (Lipinski definition) is 3. The summed E-state index contributed by atoms with van der Waals surface area (Å²) in [7, 11) is 0. The summed E-state index contributed by atoms with van der Waals surface area (Å²) in [6.07, 6.45) is 2.05. The van der Waals surface area contributed by atoms with Crippen molar-refractivity contribution in [2.24, 2.45) is 0 Å². The highest BCUT2D eigenvalue weighted by molar-refractivity contribution is 6.00. The molecule has 27 heavy (non-hydrogen) atoms. The molecule has 140 valence electrons. The average Bonchev–Trinajstić information content (AvgIpc) is 3.52. The van der Waals surface area contributed by atoms with E-state index < -0.39 is 0 Å². The zero-order valence-corrected chi connectivity index (χ0v) is 15.0. The second kappa shape index (κ2) is 7.39. The van der Waals surface area contributed by atoms with Crippen molar-refractivity contribution in [3.8, 4) is 0 Å². The van der Waals surface area contributed by atoms with E-state index in [2.05, 4.69) is 5.32 Å². The predicted octanol–water partition coefficient (Wildman–Crippen LogP) is 2.68. The van der Waals surface area contributed by atoms with E-state index in [-0.39, 0.29) is 23.7 Å². The second-order valence-electron chi connectivity index (χ2n) is 7.06. The quantitative estimate of drug-likeness (QED) is 0.904. The third-order valence-corrected chi connectivity index (χ3v) is 5.04. The lowest BCUT2D eigenvalue weighted by atomic mass is 10.1. The SMILES string of the molecule is O=C(NC1CC1)c1cccc(C(=O)N2CCN(c3ccccc3F)CC2)c1. The van der Waals surface area contributed by atoms with Gasteiger partial charge in [-0.05, 0) is 43.2 Å². The van der Waals surface area contributed by atoms with E-state index >= 15 is 0 Å². The average molecular weight is 367 g/mol. The molecule has 4 rings (SSSR count). The smallest absolute Gasteiger partial charge is 0.253 e. The van der Waals surface area contributed by atoms with Crippen molar-refractivity contribution in [2.75, 3.05) is 31.1 Å². The van der Waals surface area contributed by atoms with Crippen LogP contribution in [0.2, 0.25) is 0 Å². The minimum absolute atomic E-state index is 0.0933. The van der Waals surface area contributed by atoms with Crippen molar-refractivity contribution in [3.63, 3.8) is 0 Å². The molecular formula is C21H22FN3O2. The van der Waals surface area contributed by atoms with Gasteiger partial charge in [-0.2, -0.15) is 0 Å². The molecule has 6 heteroatoms. The maximum absolute atomic E-state index is 13.9. The largest absolute Gasteiger partial charge is 0.366 e. The first-order valence-electron chi connectivity index (χ1n) is 9.31. The van der Waals surface area contributed by atoms with Gasteiger partial charge in [-0.1, -0.05) is 18.2 Å². The minimum Gasteiger partial charge on any atom is -0.366 e. The number of nitrogens with zero attached hydrogens (tertiary/aromatic N) is 2. The van der Waals surface area contributed by atoms with Crippen LogP contribution in [0.25, 0.3) is 0 Å². The molecular weight excluding hydrogens is 345 g/mol. The van der Waals surface area contributed by atoms with Crippen LogP contribution in [0.15, 0.2) is 48.5 Å². The van der Waals surface area contributed by atoms with Gasteiger partial charge in [0.25, 0.3) is 11.8 Å². The highest BCUT2D eigenvalue weighted by Gasteiger charge is 2.26. The topological polar surface area (TPSA) is 52.7 Å². The molecule has 0 spiro atoms. The lowest BCUT2D eigenvalue weighted by Gasteiger charge is -2.36. The van der Waals surface area contributed by atoms with Crippen LogP contribution >= 0.6 is 0 Å². The van der Waals surface area contributed by atoms with E-state index in [0.717, 1.165) is 12.8 Å². The number of halogens is 1. The summed E-state index contributed by atoms with van der Waals surface area (Å²) in [5, 5.41) is 2.94. The van der Waals surface area contributed by atoms with E-state index in [1.807, 2.05) is 11.0 Å². The maximum Gasteiger partial charge on any atom is 0.253 e. The lowest BCUT2D eigenvalue weighted by molar-refractivity contribution is 0.0746. The van der Waals surface area contributed by atoms with Crippen LogP contribution in [0.5, 0.6) is 0 Å². The molecule has 2 aliphatic rings. The minimum atomic E-state index is -0.244. The monoisotopic (exact) mass is 367 g/mol. The van der Waals surface area contributed by atoms with Gasteiger partial charge in [0, 0.05) is 43.3 Å². The van der Waals surface area contributed by atoms with Crippen LogP contribution in [0.3, 0.4) is 0 Å². The number of anilines is 1. The Kier molecular flexibility index (Phi) is 4.79. The molecule has 1 saturated heterocycles. The molecule has 2 aromatic rings. The number of piperazine rings is 1. The summed E-state index contributed by atoms with van der Waals surface area (Å²) in [6, 6.07) is 13.8. The van der Waals surface area contributed by atoms with Crippen LogP contribution in [-0.2, 0) is 0 Å². The number of benzene rings is 2. The van der Waals surface area contributed by atoms with Crippen molar-refractivity contribution < 1.29 is 14.0 Å². The lowest BCUT2D eigenvalue weighted by Crippen LogP contribution is -2.49. The molecule has 1 aliphatic heterocycles. The van der Waals surface area contributed by atoms with Crippen LogP contribution in [0.4, 0.5) is 10.1 Å². The Morgan fingerprint density at radius 1 is 0.926 bits per heavy atom. The standard InChI is InChI=1S/C21H22FN3O2/c22-18-6-1-2-7-19(18)24-10-12-25(13-11-24)21(27)16-5-3-4-15(14-16)20(26)23-17-8-9-17/h1-7,14,17H,8-13H2,(H,23,26). The Bertz CT molecular complexity index is 858. The Morgan fingerprint density at radius 3 is 2.33 bits per heavy atom. The molecule has 1 saturated carbocycles. The Balaban J connectivity index is 1.40. The number of amides is 2. The van der Waals surface area contributed by atoms with Crippen molar-refractivity contribution in [1.82, 2.24) is 10.2 Å². The van der Waals surface area contributed by atoms with Gasteiger partial charge in [0.05, 0.1) is 5.69 Å². The normalized spacial score (nSPS) is 16.9. The zero-order chi connectivity index (χ0) is 18.8. The molecule has 0 aromatic heterocycles. The molecule has 2 aromatic carbocycles. The predicted molar refractivity (Wildman–Crippen MR) is 101 cm³/mol. The van der Waals surface area contributed by atoms with Gasteiger partial charge >= 0.3 is 0 Å². The van der Waals surface area contributed by atoms with Crippen molar-refractivity contribution in [2.45, 2.75) is 18.9 Å². The van der Waals surface area contributed by atoms with Gasteiger partial charge in [0.1, 0.15) is 5.82 Å². The van der Waals surface area contributed by atoms with Crippen molar-refractivity contribution in [1.29, 1.82) is 0 Å². The molecule has 0 atom stereocenters. The zero-order valence-electron chi connectivity index (χ0n) is 15.0. The van der Waals surface area contributed by atoms with E-state index in [4.69, 9.17) is 0 Å². The van der Waals surface area contributed by atoms with Gasteiger partial charge in [0.2, 0.25) is 0 Å². The molecule has 0 unspecified atom stereocenters. The molecule has 5 nitrogen and oxygen atoms in total. The number of carbonyl (C=O) groups is 2. The van der Waals surface area contributed by atoms with Crippen LogP contribution in [0.1, 0.15) is 33.6 Å². The number of para-hydroxylation sites is 1. The summed E-state index contributed by atoms with van der Waals surface area (Å²) in [4.78, 5) is 28.7. The summed E-state index contributed by atoms with van der Waals surface area (Å²) >= 11 is 0. The van der Waals surface area contributed by atoms with Crippen molar-refractivity contribution in [3.05, 3.63) is 65.5 Å². The first kappa shape index (κ1) is 17.5. The van der Waals surface area contributed by atoms with Crippen LogP contribution in [-0.4, -0.2) is 48.9 Å². The van der Waals surface area contributed by atoms with E-state index in [0.29, 0.717) is 43.0 Å². The van der Waals surface area contributed by atoms with Gasteiger partial charge < -0.3 is 15.1 Å². The fourth-order valence-corrected chi connectivity index (χ4v) is 3.33. The van der Waals surface area contributed by atoms with Crippen LogP contribution < -0.4 is 10.2 Å². The molecule has 1 aliphatic carbocycles. The number of hydrogen-bond donors (Lipinski definition) is 1. The van der Waals surface area contributed by atoms with Crippen LogP contribution in [0, 0.1) is 5.82 Å². The number of carbonyl (C=O) groups excluding carboxylic acids is 2. The first-order chi connectivity index (χ1) is 13.1. The highest BCUT2D eigenvalue weighted by Crippen LogP contribution is 2.22. The molecule has 0 bridgehead atoms. The number of nitrogens with one attached hydrogen (secondary N) is 1. The van der Waals surface area contributed by atoms with E-state index in [1.54, 1.807) is 41.3 Å². The third kappa shape index (κ3) is 3.94. The molecule has 1 N–H and O–H groups in total. The van der Waals surface area contributed by atoms with Gasteiger partial charge in [-0.25, -0.2) is 4.39 Å². The summed E-state index contributed by atoms with van der Waals surface area (Å²) in [5.41, 5.74) is 1.60. The summed E-state index contributed by atoms with van der Waals surface area (Å²) < 4.78 is 13.9. The van der Waals surface area contributed by atoms with Gasteiger partial charge in [0.15, 0.2) is 0 Å². The highest BCUT2D eigenvalue weighted by atomic mass is 19.1. The van der Waals surface area contributed by atoms with Gasteiger partial charge in [-0.3, -0.25) is 9.59 Å². The fourth-order valence-electron chi connectivity index (χ4n) is 3.33. The Labute approximate surface area is 157 Å². The maximum atomic E-state index is 13.9. The molecule has 2 amide bonds.